The average molecular weight is 359 g/mol. The zero-order chi connectivity index (χ0) is 17.5. The molecule has 0 aliphatic carbocycles. The van der Waals surface area contributed by atoms with Gasteiger partial charge in [-0.15, -0.1) is 0 Å². The van der Waals surface area contributed by atoms with Crippen LogP contribution in [0.25, 0.3) is 0 Å². The minimum absolute atomic E-state index is 0.556. The first-order valence-corrected chi connectivity index (χ1v) is 9.53. The molecule has 0 radical (unpaired) electrons. The number of rotatable bonds is 7. The quantitative estimate of drug-likeness (QED) is 0.789. The summed E-state index contributed by atoms with van der Waals surface area (Å²) in [6, 6.07) is 17.1. The highest BCUT2D eigenvalue weighted by molar-refractivity contribution is 6.30. The van der Waals surface area contributed by atoms with Gasteiger partial charge in [-0.2, -0.15) is 0 Å². The molecule has 0 amide bonds. The number of hydrogen-bond donors (Lipinski definition) is 1. The second-order valence-corrected chi connectivity index (χ2v) is 7.04. The summed E-state index contributed by atoms with van der Waals surface area (Å²) in [4.78, 5) is 2.54. The summed E-state index contributed by atoms with van der Waals surface area (Å²) in [5, 5.41) is 4.44. The Hall–Kier alpha value is -1.55. The minimum atomic E-state index is 0.556. The van der Waals surface area contributed by atoms with E-state index in [-0.39, 0.29) is 0 Å². The van der Waals surface area contributed by atoms with Crippen LogP contribution in [-0.4, -0.2) is 30.6 Å². The van der Waals surface area contributed by atoms with Crippen molar-refractivity contribution >= 4 is 11.6 Å². The number of halogens is 1. The molecule has 0 spiro atoms. The summed E-state index contributed by atoms with van der Waals surface area (Å²) in [5.41, 5.74) is 2.54. The van der Waals surface area contributed by atoms with E-state index in [1.54, 1.807) is 0 Å². The van der Waals surface area contributed by atoms with Crippen LogP contribution in [0.1, 0.15) is 30.9 Å². The van der Waals surface area contributed by atoms with Gasteiger partial charge in [0.15, 0.2) is 0 Å². The fourth-order valence-electron chi connectivity index (χ4n) is 3.37. The second-order valence-electron chi connectivity index (χ2n) is 6.60. The van der Waals surface area contributed by atoms with Crippen molar-refractivity contribution < 1.29 is 4.74 Å². The molecule has 0 saturated carbocycles. The lowest BCUT2D eigenvalue weighted by Crippen LogP contribution is -2.41. The molecule has 0 bridgehead atoms. The Kier molecular flexibility index (Phi) is 6.74. The molecule has 1 aliphatic heterocycles. The first-order valence-electron chi connectivity index (χ1n) is 9.15. The van der Waals surface area contributed by atoms with Crippen LogP contribution in [0.15, 0.2) is 48.5 Å². The summed E-state index contributed by atoms with van der Waals surface area (Å²) in [6.07, 6.45) is 2.36. The number of benzene rings is 2. The fourth-order valence-corrected chi connectivity index (χ4v) is 3.57. The first-order chi connectivity index (χ1) is 12.2. The largest absolute Gasteiger partial charge is 0.494 e. The number of likely N-dealkylation sites (tertiary alicyclic amines) is 1. The summed E-state index contributed by atoms with van der Waals surface area (Å²) in [6.45, 7) is 6.82. The molecule has 1 saturated heterocycles. The van der Waals surface area contributed by atoms with Gasteiger partial charge in [0, 0.05) is 29.7 Å². The normalized spacial score (nSPS) is 16.1. The van der Waals surface area contributed by atoms with E-state index in [0.717, 1.165) is 42.5 Å². The maximum Gasteiger partial charge on any atom is 0.123 e. The van der Waals surface area contributed by atoms with Gasteiger partial charge in [0.05, 0.1) is 6.61 Å². The Morgan fingerprint density at radius 2 is 1.88 bits per heavy atom. The third-order valence-corrected chi connectivity index (χ3v) is 4.98. The lowest BCUT2D eigenvalue weighted by molar-refractivity contribution is 0.190. The van der Waals surface area contributed by atoms with E-state index in [9.17, 15) is 0 Å². The van der Waals surface area contributed by atoms with E-state index in [2.05, 4.69) is 40.5 Å². The topological polar surface area (TPSA) is 24.5 Å². The van der Waals surface area contributed by atoms with Crippen LogP contribution in [0, 0.1) is 0 Å². The third-order valence-electron chi connectivity index (χ3n) is 4.74. The van der Waals surface area contributed by atoms with Crippen molar-refractivity contribution in [3.05, 3.63) is 64.7 Å². The zero-order valence-corrected chi connectivity index (χ0v) is 15.6. The highest BCUT2D eigenvalue weighted by atomic mass is 35.5. The summed E-state index contributed by atoms with van der Waals surface area (Å²) in [5.74, 6) is 0.931. The Labute approximate surface area is 155 Å². The molecule has 134 valence electrons. The maximum atomic E-state index is 6.14. The highest BCUT2D eigenvalue weighted by Gasteiger charge is 2.19. The Balaban J connectivity index is 1.47. The monoisotopic (exact) mass is 358 g/mol. The standard InChI is InChI=1S/C21H27ClN2O/c1-2-25-21-9-8-19(22)14-18(21)15-23-20-10-12-24(13-11-20)16-17-6-4-3-5-7-17/h3-9,14,20,23H,2,10-13,15-16H2,1H3. The van der Waals surface area contributed by atoms with Crippen molar-refractivity contribution in [1.82, 2.24) is 10.2 Å². The van der Waals surface area contributed by atoms with Crippen molar-refractivity contribution in [2.45, 2.75) is 38.9 Å². The van der Waals surface area contributed by atoms with E-state index < -0.39 is 0 Å². The van der Waals surface area contributed by atoms with Gasteiger partial charge in [0.1, 0.15) is 5.75 Å². The van der Waals surface area contributed by atoms with Crippen LogP contribution in [-0.2, 0) is 13.1 Å². The second kappa shape index (κ2) is 9.23. The average Bonchev–Trinajstić information content (AvgIpc) is 2.64. The number of nitrogens with zero attached hydrogens (tertiary/aromatic N) is 1. The molecule has 0 unspecified atom stereocenters. The summed E-state index contributed by atoms with van der Waals surface area (Å²) < 4.78 is 5.71. The lowest BCUT2D eigenvalue weighted by atomic mass is 10.0. The van der Waals surface area contributed by atoms with E-state index in [1.165, 1.54) is 18.4 Å². The molecule has 1 N–H and O–H groups in total. The predicted molar refractivity (Wildman–Crippen MR) is 104 cm³/mol. The number of hydrogen-bond acceptors (Lipinski definition) is 3. The highest BCUT2D eigenvalue weighted by Crippen LogP contribution is 2.23. The number of nitrogens with one attached hydrogen (secondary N) is 1. The molecule has 1 aliphatic rings. The molecule has 1 fully saturated rings. The van der Waals surface area contributed by atoms with E-state index >= 15 is 0 Å². The number of ether oxygens (including phenoxy) is 1. The SMILES string of the molecule is CCOc1ccc(Cl)cc1CNC1CCN(Cc2ccccc2)CC1. The van der Waals surface area contributed by atoms with Crippen LogP contribution < -0.4 is 10.1 Å². The first kappa shape index (κ1) is 18.2. The molecule has 4 heteroatoms. The Morgan fingerprint density at radius 3 is 2.60 bits per heavy atom. The minimum Gasteiger partial charge on any atom is -0.494 e. The molecular weight excluding hydrogens is 332 g/mol. The summed E-state index contributed by atoms with van der Waals surface area (Å²) in [7, 11) is 0. The lowest BCUT2D eigenvalue weighted by Gasteiger charge is -2.32. The van der Waals surface area contributed by atoms with Crippen molar-refractivity contribution in [3.63, 3.8) is 0 Å². The van der Waals surface area contributed by atoms with Crippen molar-refractivity contribution in [2.75, 3.05) is 19.7 Å². The Morgan fingerprint density at radius 1 is 1.12 bits per heavy atom. The van der Waals surface area contributed by atoms with Gasteiger partial charge in [0.2, 0.25) is 0 Å². The third kappa shape index (κ3) is 5.46. The smallest absolute Gasteiger partial charge is 0.123 e. The van der Waals surface area contributed by atoms with Gasteiger partial charge < -0.3 is 10.1 Å². The van der Waals surface area contributed by atoms with Crippen LogP contribution >= 0.6 is 11.6 Å². The summed E-state index contributed by atoms with van der Waals surface area (Å²) >= 11 is 6.14. The Bertz CT molecular complexity index is 654. The molecule has 25 heavy (non-hydrogen) atoms. The van der Waals surface area contributed by atoms with Crippen molar-refractivity contribution in [3.8, 4) is 5.75 Å². The van der Waals surface area contributed by atoms with Crippen molar-refractivity contribution in [2.24, 2.45) is 0 Å². The van der Waals surface area contributed by atoms with Gasteiger partial charge in [-0.1, -0.05) is 41.9 Å². The van der Waals surface area contributed by atoms with E-state index in [1.807, 2.05) is 25.1 Å². The molecule has 0 aromatic heterocycles. The maximum absolute atomic E-state index is 6.14. The van der Waals surface area contributed by atoms with Crippen LogP contribution in [0.4, 0.5) is 0 Å². The van der Waals surface area contributed by atoms with E-state index in [4.69, 9.17) is 16.3 Å². The molecule has 3 nitrogen and oxygen atoms in total. The van der Waals surface area contributed by atoms with Gasteiger partial charge >= 0.3 is 0 Å². The van der Waals surface area contributed by atoms with E-state index in [0.29, 0.717) is 12.6 Å². The van der Waals surface area contributed by atoms with Gasteiger partial charge in [-0.3, -0.25) is 4.90 Å². The van der Waals surface area contributed by atoms with Gasteiger partial charge in [-0.25, -0.2) is 0 Å². The molecule has 2 aromatic carbocycles. The molecule has 3 rings (SSSR count). The van der Waals surface area contributed by atoms with Crippen LogP contribution in [0.3, 0.4) is 0 Å². The van der Waals surface area contributed by atoms with Crippen LogP contribution in [0.2, 0.25) is 5.02 Å². The predicted octanol–water partition coefficient (Wildman–Crippen LogP) is 4.49. The molecule has 2 aromatic rings. The van der Waals surface area contributed by atoms with Crippen LogP contribution in [0.5, 0.6) is 5.75 Å². The zero-order valence-electron chi connectivity index (χ0n) is 14.9. The van der Waals surface area contributed by atoms with Gasteiger partial charge in [-0.05, 0) is 56.6 Å². The molecular formula is C21H27ClN2O. The van der Waals surface area contributed by atoms with Gasteiger partial charge in [0.25, 0.3) is 0 Å². The fraction of sp³-hybridized carbons (Fsp3) is 0.429. The molecule has 1 heterocycles. The molecule has 0 atom stereocenters. The number of piperidine rings is 1. The van der Waals surface area contributed by atoms with Crippen molar-refractivity contribution in [1.29, 1.82) is 0 Å².